The Morgan fingerprint density at radius 2 is 2.30 bits per heavy atom. The molecule has 0 unspecified atom stereocenters. The van der Waals surface area contributed by atoms with Gasteiger partial charge in [-0.2, -0.15) is 0 Å². The van der Waals surface area contributed by atoms with E-state index in [0.29, 0.717) is 6.61 Å². The molecule has 0 saturated heterocycles. The van der Waals surface area contributed by atoms with Crippen LogP contribution in [0.2, 0.25) is 0 Å². The number of esters is 1. The van der Waals surface area contributed by atoms with E-state index in [4.69, 9.17) is 4.74 Å². The van der Waals surface area contributed by atoms with Crippen LogP contribution in [0.5, 0.6) is 0 Å². The Kier molecular flexibility index (Phi) is 5.37. The third kappa shape index (κ3) is 3.49. The Balaban J connectivity index is 2.18. The van der Waals surface area contributed by atoms with Gasteiger partial charge in [0.1, 0.15) is 16.6 Å². The second-order valence-corrected chi connectivity index (χ2v) is 6.05. The minimum atomic E-state index is -0.193. The van der Waals surface area contributed by atoms with Crippen LogP contribution in [-0.4, -0.2) is 46.3 Å². The first-order valence-electron chi connectivity index (χ1n) is 7.00. The van der Waals surface area contributed by atoms with Crippen LogP contribution in [0.25, 0.3) is 0 Å². The Labute approximate surface area is 124 Å². The van der Waals surface area contributed by atoms with E-state index in [0.717, 1.165) is 42.2 Å². The Morgan fingerprint density at radius 3 is 3.00 bits per heavy atom. The molecule has 5 nitrogen and oxygen atoms in total. The standard InChI is InChI=1S/C14H21N3O2S/c1-4-12(14(18)19-5-2)20-13-10-8-17(3)7-6-11(10)15-9-16-13/h9,12H,4-8H2,1-3H3/t12-/m1/s1. The highest BCUT2D eigenvalue weighted by Crippen LogP contribution is 2.30. The number of likely N-dealkylation sites (N-methyl/N-ethyl adjacent to an activating group) is 1. The summed E-state index contributed by atoms with van der Waals surface area (Å²) in [5, 5.41) is 0.725. The number of rotatable bonds is 5. The van der Waals surface area contributed by atoms with Crippen LogP contribution in [0.4, 0.5) is 0 Å². The van der Waals surface area contributed by atoms with Crippen LogP contribution in [0.3, 0.4) is 0 Å². The largest absolute Gasteiger partial charge is 0.465 e. The molecule has 0 radical (unpaired) electrons. The van der Waals surface area contributed by atoms with E-state index in [9.17, 15) is 4.79 Å². The highest BCUT2D eigenvalue weighted by Gasteiger charge is 2.24. The first-order chi connectivity index (χ1) is 9.65. The maximum absolute atomic E-state index is 11.9. The monoisotopic (exact) mass is 295 g/mol. The molecular formula is C14H21N3O2S. The van der Waals surface area contributed by atoms with Crippen LogP contribution in [0, 0.1) is 0 Å². The zero-order valence-corrected chi connectivity index (χ0v) is 13.1. The lowest BCUT2D eigenvalue weighted by molar-refractivity contribution is -0.142. The minimum absolute atomic E-state index is 0.156. The predicted molar refractivity (Wildman–Crippen MR) is 78.6 cm³/mol. The zero-order chi connectivity index (χ0) is 14.5. The molecule has 20 heavy (non-hydrogen) atoms. The summed E-state index contributed by atoms with van der Waals surface area (Å²) in [7, 11) is 2.09. The third-order valence-electron chi connectivity index (χ3n) is 3.33. The highest BCUT2D eigenvalue weighted by molar-refractivity contribution is 8.00. The fraction of sp³-hybridized carbons (Fsp3) is 0.643. The van der Waals surface area contributed by atoms with Gasteiger partial charge >= 0.3 is 5.97 Å². The molecule has 0 fully saturated rings. The van der Waals surface area contributed by atoms with E-state index in [-0.39, 0.29) is 11.2 Å². The molecule has 110 valence electrons. The Morgan fingerprint density at radius 1 is 1.50 bits per heavy atom. The average molecular weight is 295 g/mol. The van der Waals surface area contributed by atoms with Gasteiger partial charge in [0.25, 0.3) is 0 Å². The number of ether oxygens (including phenoxy) is 1. The summed E-state index contributed by atoms with van der Waals surface area (Å²) in [6.45, 7) is 6.10. The maximum Gasteiger partial charge on any atom is 0.319 e. The molecule has 0 aliphatic carbocycles. The summed E-state index contributed by atoms with van der Waals surface area (Å²) >= 11 is 1.50. The van der Waals surface area contributed by atoms with Crippen LogP contribution >= 0.6 is 11.8 Å². The number of carbonyl (C=O) groups is 1. The van der Waals surface area contributed by atoms with Crippen molar-refractivity contribution in [1.82, 2.24) is 14.9 Å². The maximum atomic E-state index is 11.9. The smallest absolute Gasteiger partial charge is 0.319 e. The molecule has 2 rings (SSSR count). The van der Waals surface area contributed by atoms with Crippen LogP contribution in [0.15, 0.2) is 11.4 Å². The fourth-order valence-electron chi connectivity index (χ4n) is 2.22. The molecule has 0 bridgehead atoms. The van der Waals surface area contributed by atoms with Gasteiger partial charge in [-0.1, -0.05) is 18.7 Å². The van der Waals surface area contributed by atoms with Crippen molar-refractivity contribution in [3.05, 3.63) is 17.6 Å². The molecule has 0 saturated carbocycles. The number of hydrogen-bond donors (Lipinski definition) is 0. The topological polar surface area (TPSA) is 55.3 Å². The number of carbonyl (C=O) groups excluding carboxylic acids is 1. The van der Waals surface area contributed by atoms with Gasteiger partial charge in [-0.3, -0.25) is 4.79 Å². The zero-order valence-electron chi connectivity index (χ0n) is 12.3. The number of nitrogens with zero attached hydrogens (tertiary/aromatic N) is 3. The van der Waals surface area contributed by atoms with Gasteiger partial charge < -0.3 is 9.64 Å². The molecular weight excluding hydrogens is 274 g/mol. The number of aromatic nitrogens is 2. The van der Waals surface area contributed by atoms with E-state index in [1.54, 1.807) is 6.33 Å². The lowest BCUT2D eigenvalue weighted by atomic mass is 10.1. The van der Waals surface area contributed by atoms with Crippen molar-refractivity contribution in [3.8, 4) is 0 Å². The number of fused-ring (bicyclic) bond motifs is 1. The fourth-order valence-corrected chi connectivity index (χ4v) is 3.25. The van der Waals surface area contributed by atoms with E-state index >= 15 is 0 Å². The van der Waals surface area contributed by atoms with E-state index in [1.165, 1.54) is 11.8 Å². The summed E-state index contributed by atoms with van der Waals surface area (Å²) in [5.74, 6) is -0.156. The van der Waals surface area contributed by atoms with Crippen molar-refractivity contribution in [1.29, 1.82) is 0 Å². The van der Waals surface area contributed by atoms with Gasteiger partial charge in [-0.05, 0) is 20.4 Å². The van der Waals surface area contributed by atoms with Gasteiger partial charge in [-0.15, -0.1) is 0 Å². The summed E-state index contributed by atoms with van der Waals surface area (Å²) in [6.07, 6.45) is 3.28. The second kappa shape index (κ2) is 7.04. The van der Waals surface area contributed by atoms with Crippen LogP contribution < -0.4 is 0 Å². The Hall–Kier alpha value is -1.14. The summed E-state index contributed by atoms with van der Waals surface area (Å²) in [4.78, 5) is 22.9. The molecule has 1 atom stereocenters. The third-order valence-corrected chi connectivity index (χ3v) is 4.71. The van der Waals surface area contributed by atoms with E-state index < -0.39 is 0 Å². The molecule has 1 aliphatic heterocycles. The Bertz CT molecular complexity index is 481. The van der Waals surface area contributed by atoms with Gasteiger partial charge in [0.05, 0.1) is 12.3 Å². The number of thioether (sulfide) groups is 1. The molecule has 0 amide bonds. The average Bonchev–Trinajstić information content (AvgIpc) is 2.45. The second-order valence-electron chi connectivity index (χ2n) is 4.86. The minimum Gasteiger partial charge on any atom is -0.465 e. The molecule has 1 aromatic rings. The van der Waals surface area contributed by atoms with Crippen LogP contribution in [-0.2, 0) is 22.5 Å². The number of hydrogen-bond acceptors (Lipinski definition) is 6. The first kappa shape index (κ1) is 15.3. The first-order valence-corrected chi connectivity index (χ1v) is 7.88. The van der Waals surface area contributed by atoms with Crippen molar-refractivity contribution in [2.75, 3.05) is 20.2 Å². The molecule has 0 N–H and O–H groups in total. The predicted octanol–water partition coefficient (Wildman–Crippen LogP) is 1.90. The lowest BCUT2D eigenvalue weighted by Gasteiger charge is -2.25. The van der Waals surface area contributed by atoms with Crippen molar-refractivity contribution in [2.24, 2.45) is 0 Å². The molecule has 6 heteroatoms. The van der Waals surface area contributed by atoms with Gasteiger partial charge in [0.2, 0.25) is 0 Å². The van der Waals surface area contributed by atoms with Gasteiger partial charge in [-0.25, -0.2) is 9.97 Å². The van der Waals surface area contributed by atoms with E-state index in [2.05, 4.69) is 21.9 Å². The lowest BCUT2D eigenvalue weighted by Crippen LogP contribution is -2.28. The van der Waals surface area contributed by atoms with Gasteiger partial charge in [0, 0.05) is 25.1 Å². The summed E-state index contributed by atoms with van der Waals surface area (Å²) in [5.41, 5.74) is 2.27. The molecule has 1 aliphatic rings. The summed E-state index contributed by atoms with van der Waals surface area (Å²) in [6, 6.07) is 0. The molecule has 1 aromatic heterocycles. The van der Waals surface area contributed by atoms with Gasteiger partial charge in [0.15, 0.2) is 0 Å². The molecule has 0 spiro atoms. The van der Waals surface area contributed by atoms with E-state index in [1.807, 2.05) is 13.8 Å². The normalized spacial score (nSPS) is 16.6. The van der Waals surface area contributed by atoms with Crippen molar-refractivity contribution in [3.63, 3.8) is 0 Å². The van der Waals surface area contributed by atoms with Crippen molar-refractivity contribution < 1.29 is 9.53 Å². The molecule has 0 aromatic carbocycles. The van der Waals surface area contributed by atoms with Crippen molar-refractivity contribution >= 4 is 17.7 Å². The van der Waals surface area contributed by atoms with Crippen molar-refractivity contribution in [2.45, 2.75) is 43.5 Å². The SMILES string of the molecule is CCOC(=O)[C@@H](CC)Sc1ncnc2c1CN(C)CC2. The molecule has 2 heterocycles. The highest BCUT2D eigenvalue weighted by atomic mass is 32.2. The van der Waals surface area contributed by atoms with Crippen LogP contribution in [0.1, 0.15) is 31.5 Å². The quantitative estimate of drug-likeness (QED) is 0.470. The summed E-state index contributed by atoms with van der Waals surface area (Å²) < 4.78 is 5.12.